The van der Waals surface area contributed by atoms with Gasteiger partial charge in [-0.25, -0.2) is 19.9 Å². The quantitative estimate of drug-likeness (QED) is 0.277. The van der Waals surface area contributed by atoms with Crippen molar-refractivity contribution in [3.63, 3.8) is 0 Å². The second-order valence-electron chi connectivity index (χ2n) is 7.30. The maximum absolute atomic E-state index is 13.7. The summed E-state index contributed by atoms with van der Waals surface area (Å²) in [6.07, 6.45) is 1.34. The van der Waals surface area contributed by atoms with Gasteiger partial charge in [0, 0.05) is 30.3 Å². The molecule has 5 rings (SSSR count). The van der Waals surface area contributed by atoms with E-state index in [0.717, 1.165) is 23.3 Å². The summed E-state index contributed by atoms with van der Waals surface area (Å²) in [7, 11) is 1.85. The summed E-state index contributed by atoms with van der Waals surface area (Å²) in [5.41, 5.74) is 2.77. The molecule has 0 aliphatic rings. The lowest BCUT2D eigenvalue weighted by Crippen LogP contribution is -2.22. The van der Waals surface area contributed by atoms with Gasteiger partial charge in [0.2, 0.25) is 5.88 Å². The minimum Gasteiger partial charge on any atom is -0.388 e. The van der Waals surface area contributed by atoms with Crippen molar-refractivity contribution in [2.45, 2.75) is 11.5 Å². The number of halogens is 3. The van der Waals surface area contributed by atoms with Gasteiger partial charge in [-0.3, -0.25) is 9.36 Å². The molecule has 0 radical (unpaired) electrons. The van der Waals surface area contributed by atoms with Gasteiger partial charge in [0.25, 0.3) is 5.56 Å². The second-order valence-corrected chi connectivity index (χ2v) is 8.07. The van der Waals surface area contributed by atoms with E-state index in [4.69, 9.17) is 0 Å². The highest BCUT2D eigenvalue weighted by atomic mass is 32.2. The van der Waals surface area contributed by atoms with E-state index in [1.165, 1.54) is 22.4 Å². The van der Waals surface area contributed by atoms with Gasteiger partial charge in [-0.1, -0.05) is 17.8 Å². The Balaban J connectivity index is 1.74. The third kappa shape index (κ3) is 3.96. The first-order chi connectivity index (χ1) is 16.2. The van der Waals surface area contributed by atoms with Crippen molar-refractivity contribution in [3.05, 3.63) is 65.5 Å². The standard InChI is InChI=1S/C22H15F3N6O2S/c1-30-11-28-16-5-3-12(8-17(16)30)15-7-13-9-27-21(34-2)29-19(13)31(20(15)32)14-4-6-18(26-10-14)33-22(23,24)25/h3-11H,1-2H3. The number of hydrogen-bond acceptors (Lipinski definition) is 7. The summed E-state index contributed by atoms with van der Waals surface area (Å²) in [5.74, 6) is -0.633. The van der Waals surface area contributed by atoms with Gasteiger partial charge in [-0.15, -0.1) is 13.2 Å². The number of pyridine rings is 2. The Hall–Kier alpha value is -3.93. The van der Waals surface area contributed by atoms with Crippen molar-refractivity contribution in [2.24, 2.45) is 7.05 Å². The topological polar surface area (TPSA) is 87.7 Å². The van der Waals surface area contributed by atoms with Crippen molar-refractivity contribution in [3.8, 4) is 22.7 Å². The molecular weight excluding hydrogens is 469 g/mol. The monoisotopic (exact) mass is 484 g/mol. The zero-order chi connectivity index (χ0) is 24.0. The van der Waals surface area contributed by atoms with E-state index in [0.29, 0.717) is 27.3 Å². The van der Waals surface area contributed by atoms with Gasteiger partial charge >= 0.3 is 6.36 Å². The zero-order valence-electron chi connectivity index (χ0n) is 17.7. The molecule has 0 saturated carbocycles. The molecule has 34 heavy (non-hydrogen) atoms. The fourth-order valence-electron chi connectivity index (χ4n) is 3.60. The number of ether oxygens (including phenoxy) is 1. The van der Waals surface area contributed by atoms with Gasteiger partial charge in [0.1, 0.15) is 0 Å². The molecule has 12 heteroatoms. The fourth-order valence-corrected chi connectivity index (χ4v) is 3.94. The predicted molar refractivity (Wildman–Crippen MR) is 121 cm³/mol. The Morgan fingerprint density at radius 1 is 1.03 bits per heavy atom. The predicted octanol–water partition coefficient (Wildman–Crippen LogP) is 4.35. The van der Waals surface area contributed by atoms with E-state index < -0.39 is 17.8 Å². The van der Waals surface area contributed by atoms with E-state index in [1.54, 1.807) is 30.9 Å². The number of alkyl halides is 3. The SMILES string of the molecule is CSc1ncc2cc(-c3ccc4ncn(C)c4c3)c(=O)n(-c3ccc(OC(F)(F)F)nc3)c2n1. The first kappa shape index (κ1) is 21.9. The Morgan fingerprint density at radius 2 is 1.85 bits per heavy atom. The van der Waals surface area contributed by atoms with Gasteiger partial charge in [-0.2, -0.15) is 0 Å². The molecule has 0 N–H and O–H groups in total. The molecule has 0 amide bonds. The first-order valence-electron chi connectivity index (χ1n) is 9.84. The van der Waals surface area contributed by atoms with Crippen LogP contribution in [-0.4, -0.2) is 41.7 Å². The zero-order valence-corrected chi connectivity index (χ0v) is 18.6. The number of aromatic nitrogens is 6. The van der Waals surface area contributed by atoms with Crippen molar-refractivity contribution in [1.82, 2.24) is 29.1 Å². The Kier molecular flexibility index (Phi) is 5.24. The highest BCUT2D eigenvalue weighted by molar-refractivity contribution is 7.98. The lowest BCUT2D eigenvalue weighted by Gasteiger charge is -2.14. The normalized spacial score (nSPS) is 11.9. The van der Waals surface area contributed by atoms with Gasteiger partial charge in [0.15, 0.2) is 10.8 Å². The second kappa shape index (κ2) is 8.13. The largest absolute Gasteiger partial charge is 0.574 e. The minimum atomic E-state index is -4.87. The third-order valence-corrected chi connectivity index (χ3v) is 5.70. The average molecular weight is 484 g/mol. The van der Waals surface area contributed by atoms with Crippen LogP contribution in [0.4, 0.5) is 13.2 Å². The number of rotatable bonds is 4. The van der Waals surface area contributed by atoms with E-state index in [9.17, 15) is 18.0 Å². The van der Waals surface area contributed by atoms with Crippen LogP contribution in [-0.2, 0) is 7.05 Å². The van der Waals surface area contributed by atoms with Crippen molar-refractivity contribution in [2.75, 3.05) is 6.26 Å². The van der Waals surface area contributed by atoms with Gasteiger partial charge in [0.05, 0.1) is 29.2 Å². The lowest BCUT2D eigenvalue weighted by atomic mass is 10.1. The fraction of sp³-hybridized carbons (Fsp3) is 0.136. The van der Waals surface area contributed by atoms with Crippen molar-refractivity contribution in [1.29, 1.82) is 0 Å². The highest BCUT2D eigenvalue weighted by Crippen LogP contribution is 2.27. The molecule has 0 aliphatic heterocycles. The third-order valence-electron chi connectivity index (χ3n) is 5.14. The molecule has 0 aliphatic carbocycles. The lowest BCUT2D eigenvalue weighted by molar-refractivity contribution is -0.276. The van der Waals surface area contributed by atoms with Crippen LogP contribution in [0, 0.1) is 0 Å². The van der Waals surface area contributed by atoms with Crippen LogP contribution in [0.3, 0.4) is 0 Å². The number of fused-ring (bicyclic) bond motifs is 2. The van der Waals surface area contributed by atoms with E-state index in [-0.39, 0.29) is 5.69 Å². The van der Waals surface area contributed by atoms with Crippen LogP contribution < -0.4 is 10.3 Å². The molecule has 4 heterocycles. The number of imidazole rings is 1. The highest BCUT2D eigenvalue weighted by Gasteiger charge is 2.31. The van der Waals surface area contributed by atoms with E-state index in [1.807, 2.05) is 23.7 Å². The molecule has 8 nitrogen and oxygen atoms in total. The maximum atomic E-state index is 13.7. The summed E-state index contributed by atoms with van der Waals surface area (Å²) in [6.45, 7) is 0. The van der Waals surface area contributed by atoms with Crippen LogP contribution >= 0.6 is 11.8 Å². The maximum Gasteiger partial charge on any atom is 0.574 e. The van der Waals surface area contributed by atoms with Crippen molar-refractivity contribution >= 4 is 33.8 Å². The van der Waals surface area contributed by atoms with E-state index >= 15 is 0 Å². The number of thioether (sulfide) groups is 1. The van der Waals surface area contributed by atoms with Crippen LogP contribution in [0.1, 0.15) is 0 Å². The number of hydrogen-bond donors (Lipinski definition) is 0. The van der Waals surface area contributed by atoms with Crippen LogP contribution in [0.15, 0.2) is 65.1 Å². The Bertz CT molecular complexity index is 1600. The van der Waals surface area contributed by atoms with Crippen LogP contribution in [0.2, 0.25) is 0 Å². The summed E-state index contributed by atoms with van der Waals surface area (Å²) in [6, 6.07) is 9.53. The molecule has 0 bridgehead atoms. The molecule has 0 saturated heterocycles. The summed E-state index contributed by atoms with van der Waals surface area (Å²) in [4.78, 5) is 30.5. The molecule has 0 unspecified atom stereocenters. The molecule has 5 aromatic rings. The van der Waals surface area contributed by atoms with Gasteiger partial charge in [-0.05, 0) is 36.1 Å². The average Bonchev–Trinajstić information content (AvgIpc) is 3.18. The summed E-state index contributed by atoms with van der Waals surface area (Å²) in [5, 5.41) is 1.02. The first-order valence-corrected chi connectivity index (χ1v) is 11.1. The number of nitrogens with zero attached hydrogens (tertiary/aromatic N) is 6. The summed E-state index contributed by atoms with van der Waals surface area (Å²) < 4.78 is 44.6. The molecule has 0 atom stereocenters. The molecule has 0 fully saturated rings. The molecule has 0 spiro atoms. The number of benzene rings is 1. The van der Waals surface area contributed by atoms with E-state index in [2.05, 4.69) is 24.7 Å². The van der Waals surface area contributed by atoms with Crippen LogP contribution in [0.25, 0.3) is 38.9 Å². The molecule has 172 valence electrons. The van der Waals surface area contributed by atoms with Crippen LogP contribution in [0.5, 0.6) is 5.88 Å². The molecule has 4 aromatic heterocycles. The smallest absolute Gasteiger partial charge is 0.388 e. The summed E-state index contributed by atoms with van der Waals surface area (Å²) >= 11 is 1.30. The Morgan fingerprint density at radius 3 is 2.56 bits per heavy atom. The number of aryl methyl sites for hydroxylation is 1. The Labute approximate surface area is 194 Å². The molecule has 1 aromatic carbocycles. The minimum absolute atomic E-state index is 0.235. The van der Waals surface area contributed by atoms with Crippen molar-refractivity contribution < 1.29 is 17.9 Å². The van der Waals surface area contributed by atoms with Gasteiger partial charge < -0.3 is 9.30 Å². The molecular formula is C22H15F3N6O2S.